The number of nitrogens with one attached hydrogen (secondary N) is 1. The van der Waals surface area contributed by atoms with Gasteiger partial charge in [-0.1, -0.05) is 6.07 Å². The van der Waals surface area contributed by atoms with E-state index in [1.807, 2.05) is 0 Å². The number of Topliss-reactive ketones (excluding diaryl/α,β-unsaturated/α-hetero) is 1. The van der Waals surface area contributed by atoms with Crippen molar-refractivity contribution in [3.63, 3.8) is 0 Å². The predicted molar refractivity (Wildman–Crippen MR) is 52.8 cm³/mol. The Morgan fingerprint density at radius 1 is 1.29 bits per heavy atom. The highest BCUT2D eigenvalue weighted by molar-refractivity contribution is 6.02. The molecule has 7 heteroatoms. The quantitative estimate of drug-likeness (QED) is 0.621. The first-order valence-corrected chi connectivity index (χ1v) is 4.44. The second-order valence-corrected chi connectivity index (χ2v) is 3.21. The fourth-order valence-electron chi connectivity index (χ4n) is 1.12. The first-order valence-electron chi connectivity index (χ1n) is 4.44. The molecule has 1 rings (SSSR count). The van der Waals surface area contributed by atoms with E-state index in [9.17, 15) is 27.9 Å². The number of ketones is 1. The Morgan fingerprint density at radius 3 is 2.35 bits per heavy atom. The number of para-hydroxylation sites is 1. The fourth-order valence-corrected chi connectivity index (χ4v) is 1.12. The average molecular weight is 247 g/mol. The van der Waals surface area contributed by atoms with Crippen molar-refractivity contribution in [2.24, 2.45) is 0 Å². The average Bonchev–Trinajstić information content (AvgIpc) is 2.19. The van der Waals surface area contributed by atoms with E-state index >= 15 is 0 Å². The zero-order chi connectivity index (χ0) is 13.2. The van der Waals surface area contributed by atoms with Crippen molar-refractivity contribution in [1.82, 2.24) is 0 Å². The molecule has 0 aliphatic heterocycles. The molecule has 0 aliphatic carbocycles. The second-order valence-electron chi connectivity index (χ2n) is 3.21. The van der Waals surface area contributed by atoms with Crippen LogP contribution in [0, 0.1) is 0 Å². The lowest BCUT2D eigenvalue weighted by atomic mass is 10.1. The molecule has 1 aromatic rings. The monoisotopic (exact) mass is 247 g/mol. The molecule has 0 bridgehead atoms. The zero-order valence-electron chi connectivity index (χ0n) is 8.63. The summed E-state index contributed by atoms with van der Waals surface area (Å²) in [6.07, 6.45) is -5.06. The largest absolute Gasteiger partial charge is 0.505 e. The summed E-state index contributed by atoms with van der Waals surface area (Å²) in [4.78, 5) is 21.6. The van der Waals surface area contributed by atoms with Crippen molar-refractivity contribution in [2.75, 3.05) is 5.32 Å². The summed E-state index contributed by atoms with van der Waals surface area (Å²) in [5, 5.41) is 11.0. The van der Waals surface area contributed by atoms with Crippen LogP contribution in [0.4, 0.5) is 18.9 Å². The number of amides is 1. The lowest BCUT2D eigenvalue weighted by Crippen LogP contribution is -2.30. The molecule has 1 aromatic carbocycles. The number of aromatic hydroxyl groups is 1. The van der Waals surface area contributed by atoms with Gasteiger partial charge in [0, 0.05) is 0 Å². The van der Waals surface area contributed by atoms with E-state index < -0.39 is 29.3 Å². The topological polar surface area (TPSA) is 66.4 Å². The number of alkyl halides is 3. The molecular weight excluding hydrogens is 239 g/mol. The Bertz CT molecular complexity index is 468. The number of hydrogen-bond donors (Lipinski definition) is 2. The van der Waals surface area contributed by atoms with Crippen molar-refractivity contribution in [1.29, 1.82) is 0 Å². The maximum absolute atomic E-state index is 12.0. The molecule has 0 aromatic heterocycles. The fraction of sp³-hybridized carbons (Fsp3) is 0.200. The van der Waals surface area contributed by atoms with Gasteiger partial charge in [0.15, 0.2) is 5.78 Å². The maximum atomic E-state index is 12.0. The highest BCUT2D eigenvalue weighted by Crippen LogP contribution is 2.29. The number of rotatable bonds is 2. The zero-order valence-corrected chi connectivity index (χ0v) is 8.63. The van der Waals surface area contributed by atoms with Crippen LogP contribution in [0.5, 0.6) is 5.75 Å². The first kappa shape index (κ1) is 13.0. The minimum atomic E-state index is -5.06. The van der Waals surface area contributed by atoms with Gasteiger partial charge in [-0.3, -0.25) is 9.59 Å². The van der Waals surface area contributed by atoms with Gasteiger partial charge in [-0.05, 0) is 19.1 Å². The third-order valence-corrected chi connectivity index (χ3v) is 1.92. The van der Waals surface area contributed by atoms with Crippen LogP contribution in [0.25, 0.3) is 0 Å². The van der Waals surface area contributed by atoms with Crippen molar-refractivity contribution in [3.8, 4) is 5.75 Å². The Balaban J connectivity index is 3.05. The summed E-state index contributed by atoms with van der Waals surface area (Å²) in [6.45, 7) is 1.14. The van der Waals surface area contributed by atoms with Gasteiger partial charge in [-0.2, -0.15) is 13.2 Å². The molecule has 0 heterocycles. The summed E-state index contributed by atoms with van der Waals surface area (Å²) < 4.78 is 35.9. The molecule has 0 atom stereocenters. The van der Waals surface area contributed by atoms with E-state index in [2.05, 4.69) is 0 Å². The van der Waals surface area contributed by atoms with Crippen LogP contribution in [0.2, 0.25) is 0 Å². The number of phenols is 1. The van der Waals surface area contributed by atoms with Gasteiger partial charge in [-0.25, -0.2) is 0 Å². The number of carbonyl (C=O) groups is 2. The Hall–Kier alpha value is -2.05. The minimum absolute atomic E-state index is 0.162. The minimum Gasteiger partial charge on any atom is -0.505 e. The van der Waals surface area contributed by atoms with Gasteiger partial charge in [0.25, 0.3) is 0 Å². The number of benzene rings is 1. The third-order valence-electron chi connectivity index (χ3n) is 1.92. The second kappa shape index (κ2) is 4.44. The van der Waals surface area contributed by atoms with Gasteiger partial charge in [0.05, 0.1) is 11.3 Å². The lowest BCUT2D eigenvalue weighted by molar-refractivity contribution is -0.167. The van der Waals surface area contributed by atoms with Crippen LogP contribution in [0.3, 0.4) is 0 Å². The number of hydrogen-bond acceptors (Lipinski definition) is 3. The van der Waals surface area contributed by atoms with Crippen molar-refractivity contribution in [2.45, 2.75) is 13.1 Å². The van der Waals surface area contributed by atoms with Crippen LogP contribution in [-0.4, -0.2) is 23.0 Å². The summed E-state index contributed by atoms with van der Waals surface area (Å²) in [7, 11) is 0. The van der Waals surface area contributed by atoms with Crippen LogP contribution in [0.1, 0.15) is 17.3 Å². The summed E-state index contributed by atoms with van der Waals surface area (Å²) in [6, 6.07) is 3.55. The molecule has 0 fully saturated rings. The standard InChI is InChI=1S/C10H8F3NO3/c1-5(15)6-3-2-4-7(8(6)16)14-9(17)10(11,12)13/h2-4,16H,1H3,(H,14,17). The Kier molecular flexibility index (Phi) is 3.40. The molecule has 4 nitrogen and oxygen atoms in total. The molecular formula is C10H8F3NO3. The predicted octanol–water partition coefficient (Wildman–Crippen LogP) is 2.10. The Morgan fingerprint density at radius 2 is 1.88 bits per heavy atom. The summed E-state index contributed by atoms with van der Waals surface area (Å²) in [5.41, 5.74) is -0.620. The van der Waals surface area contributed by atoms with E-state index in [4.69, 9.17) is 0 Å². The van der Waals surface area contributed by atoms with Crippen LogP contribution >= 0.6 is 0 Å². The van der Waals surface area contributed by atoms with E-state index in [-0.39, 0.29) is 5.56 Å². The van der Waals surface area contributed by atoms with Crippen LogP contribution < -0.4 is 5.32 Å². The molecule has 0 saturated heterocycles. The maximum Gasteiger partial charge on any atom is 0.471 e. The van der Waals surface area contributed by atoms with Gasteiger partial charge in [0.1, 0.15) is 5.75 Å². The van der Waals surface area contributed by atoms with Gasteiger partial charge in [-0.15, -0.1) is 0 Å². The normalized spacial score (nSPS) is 11.1. The molecule has 0 radical (unpaired) electrons. The number of phenolic OH excluding ortho intramolecular Hbond substituents is 1. The molecule has 2 N–H and O–H groups in total. The molecule has 92 valence electrons. The lowest BCUT2D eigenvalue weighted by Gasteiger charge is -2.10. The summed E-state index contributed by atoms with van der Waals surface area (Å²) in [5.74, 6) is -3.42. The number of carbonyl (C=O) groups excluding carboxylic acids is 2. The smallest absolute Gasteiger partial charge is 0.471 e. The van der Waals surface area contributed by atoms with Crippen LogP contribution in [-0.2, 0) is 4.79 Å². The molecule has 17 heavy (non-hydrogen) atoms. The van der Waals surface area contributed by atoms with Crippen molar-refractivity contribution in [3.05, 3.63) is 23.8 Å². The van der Waals surface area contributed by atoms with E-state index in [1.54, 1.807) is 0 Å². The number of anilines is 1. The van der Waals surface area contributed by atoms with Gasteiger partial charge in [0.2, 0.25) is 0 Å². The highest BCUT2D eigenvalue weighted by Gasteiger charge is 2.39. The van der Waals surface area contributed by atoms with Gasteiger partial charge < -0.3 is 10.4 Å². The van der Waals surface area contributed by atoms with Crippen molar-refractivity contribution < 1.29 is 27.9 Å². The Labute approximate surface area is 94.1 Å². The summed E-state index contributed by atoms with van der Waals surface area (Å²) >= 11 is 0. The molecule has 0 spiro atoms. The van der Waals surface area contributed by atoms with Crippen molar-refractivity contribution >= 4 is 17.4 Å². The van der Waals surface area contributed by atoms with E-state index in [1.165, 1.54) is 17.4 Å². The highest BCUT2D eigenvalue weighted by atomic mass is 19.4. The van der Waals surface area contributed by atoms with Crippen LogP contribution in [0.15, 0.2) is 18.2 Å². The number of halogens is 3. The molecule has 0 unspecified atom stereocenters. The molecule has 0 aliphatic rings. The SMILES string of the molecule is CC(=O)c1cccc(NC(=O)C(F)(F)F)c1O. The first-order chi connectivity index (χ1) is 7.73. The van der Waals surface area contributed by atoms with E-state index in [0.29, 0.717) is 0 Å². The molecule has 1 amide bonds. The third kappa shape index (κ3) is 2.96. The van der Waals surface area contributed by atoms with Gasteiger partial charge >= 0.3 is 12.1 Å². The molecule has 0 saturated carbocycles. The van der Waals surface area contributed by atoms with E-state index in [0.717, 1.165) is 13.0 Å².